The van der Waals surface area contributed by atoms with Gasteiger partial charge in [-0.2, -0.15) is 4.99 Å². The summed E-state index contributed by atoms with van der Waals surface area (Å²) in [5.74, 6) is -0.629. The average Bonchev–Trinajstić information content (AvgIpc) is 2.81. The number of aliphatic imine (C=N–C) groups is 1. The largest absolute Gasteiger partial charge is 0.370 e. The van der Waals surface area contributed by atoms with Crippen molar-refractivity contribution in [3.8, 4) is 0 Å². The van der Waals surface area contributed by atoms with E-state index in [0.29, 0.717) is 10.9 Å². The number of nitro groups is 1. The highest BCUT2D eigenvalue weighted by atomic mass is 16.6. The van der Waals surface area contributed by atoms with E-state index in [1.165, 1.54) is 25.2 Å². The van der Waals surface area contributed by atoms with E-state index in [9.17, 15) is 14.9 Å². The van der Waals surface area contributed by atoms with Crippen LogP contribution in [0.25, 0.3) is 10.9 Å². The van der Waals surface area contributed by atoms with Crippen LogP contribution in [0, 0.1) is 10.1 Å². The third kappa shape index (κ3) is 2.37. The number of benzene rings is 1. The Kier molecular flexibility index (Phi) is 3.15. The molecule has 0 fully saturated rings. The summed E-state index contributed by atoms with van der Waals surface area (Å²) in [6.45, 7) is 0. The minimum Gasteiger partial charge on any atom is -0.370 e. The number of nitrogens with one attached hydrogen (secondary N) is 2. The van der Waals surface area contributed by atoms with E-state index in [4.69, 9.17) is 5.73 Å². The van der Waals surface area contributed by atoms with Crippen LogP contribution >= 0.6 is 0 Å². The number of rotatable bonds is 2. The lowest BCUT2D eigenvalue weighted by Crippen LogP contribution is -2.28. The third-order valence-corrected chi connectivity index (χ3v) is 2.55. The Morgan fingerprint density at radius 1 is 1.53 bits per heavy atom. The average molecular weight is 261 g/mol. The Bertz CT molecular complexity index is 689. The summed E-state index contributed by atoms with van der Waals surface area (Å²) in [5, 5.41) is 13.7. The highest BCUT2D eigenvalue weighted by Crippen LogP contribution is 2.26. The lowest BCUT2D eigenvalue weighted by molar-refractivity contribution is -0.383. The Balaban J connectivity index is 2.51. The van der Waals surface area contributed by atoms with E-state index >= 15 is 0 Å². The number of fused-ring (bicyclic) bond motifs is 1. The number of carbonyl (C=O) groups excluding carboxylic acids is 1. The zero-order chi connectivity index (χ0) is 14.0. The molecule has 0 radical (unpaired) electrons. The number of H-pyrrole nitrogens is 1. The number of non-ortho nitro benzene ring substituents is 1. The summed E-state index contributed by atoms with van der Waals surface area (Å²) in [7, 11) is 1.53. The van der Waals surface area contributed by atoms with Gasteiger partial charge in [-0.1, -0.05) is 6.07 Å². The minimum absolute atomic E-state index is 0.0295. The van der Waals surface area contributed by atoms with Crippen molar-refractivity contribution in [1.29, 1.82) is 0 Å². The molecule has 1 heterocycles. The quantitative estimate of drug-likeness (QED) is 0.318. The van der Waals surface area contributed by atoms with E-state index in [1.54, 1.807) is 6.07 Å². The molecule has 2 aromatic rings. The number of nitrogens with two attached hydrogens (primary N) is 1. The van der Waals surface area contributed by atoms with Gasteiger partial charge in [-0.15, -0.1) is 0 Å². The zero-order valence-electron chi connectivity index (χ0n) is 10.0. The maximum absolute atomic E-state index is 11.8. The van der Waals surface area contributed by atoms with Crippen LogP contribution in [0.15, 0.2) is 29.3 Å². The Hall–Kier alpha value is -2.90. The van der Waals surface area contributed by atoms with Gasteiger partial charge in [-0.25, -0.2) is 0 Å². The van der Waals surface area contributed by atoms with Gasteiger partial charge in [-0.3, -0.25) is 14.9 Å². The number of amides is 1. The van der Waals surface area contributed by atoms with Crippen molar-refractivity contribution in [3.05, 3.63) is 40.1 Å². The first kappa shape index (κ1) is 12.6. The van der Waals surface area contributed by atoms with E-state index in [1.807, 2.05) is 0 Å². The van der Waals surface area contributed by atoms with Gasteiger partial charge in [0.1, 0.15) is 5.69 Å². The summed E-state index contributed by atoms with van der Waals surface area (Å²) in [4.78, 5) is 28.5. The minimum atomic E-state index is -0.600. The van der Waals surface area contributed by atoms with Gasteiger partial charge in [0.15, 0.2) is 5.96 Å². The first-order valence-electron chi connectivity index (χ1n) is 5.35. The number of nitrogens with zero attached hydrogens (tertiary/aromatic N) is 2. The molecule has 0 saturated heterocycles. The van der Waals surface area contributed by atoms with Gasteiger partial charge >= 0.3 is 0 Å². The maximum Gasteiger partial charge on any atom is 0.296 e. The summed E-state index contributed by atoms with van der Waals surface area (Å²) in [6.07, 6.45) is 0. The molecule has 4 N–H and O–H groups in total. The highest BCUT2D eigenvalue weighted by Gasteiger charge is 2.16. The van der Waals surface area contributed by atoms with Crippen LogP contribution in [0.1, 0.15) is 10.5 Å². The van der Waals surface area contributed by atoms with E-state index in [0.717, 1.165) is 0 Å². The van der Waals surface area contributed by atoms with Crippen LogP contribution in [0.3, 0.4) is 0 Å². The maximum atomic E-state index is 11.8. The van der Waals surface area contributed by atoms with E-state index in [2.05, 4.69) is 15.3 Å². The van der Waals surface area contributed by atoms with Gasteiger partial charge in [0.05, 0.1) is 15.8 Å². The zero-order valence-corrected chi connectivity index (χ0v) is 10.0. The number of aromatic nitrogens is 1. The molecule has 0 aliphatic rings. The second-order valence-corrected chi connectivity index (χ2v) is 3.73. The lowest BCUT2D eigenvalue weighted by atomic mass is 10.2. The molecule has 0 aliphatic carbocycles. The first-order valence-corrected chi connectivity index (χ1v) is 5.35. The number of guanidine groups is 1. The molecule has 0 saturated carbocycles. The van der Waals surface area contributed by atoms with Crippen molar-refractivity contribution in [2.24, 2.45) is 10.7 Å². The Morgan fingerprint density at radius 3 is 2.89 bits per heavy atom. The van der Waals surface area contributed by atoms with Gasteiger partial charge in [0.2, 0.25) is 0 Å². The van der Waals surface area contributed by atoms with Crippen LogP contribution < -0.4 is 11.1 Å². The van der Waals surface area contributed by atoms with Gasteiger partial charge in [0.25, 0.3) is 11.6 Å². The summed E-state index contributed by atoms with van der Waals surface area (Å²) < 4.78 is 0. The van der Waals surface area contributed by atoms with Gasteiger partial charge in [-0.05, 0) is 12.1 Å². The van der Waals surface area contributed by atoms with Crippen LogP contribution in [0.5, 0.6) is 0 Å². The van der Waals surface area contributed by atoms with Crippen molar-refractivity contribution in [2.45, 2.75) is 0 Å². The fourth-order valence-electron chi connectivity index (χ4n) is 1.64. The Morgan fingerprint density at radius 2 is 2.26 bits per heavy atom. The molecule has 98 valence electrons. The van der Waals surface area contributed by atoms with Crippen LogP contribution in [0.4, 0.5) is 5.69 Å². The van der Waals surface area contributed by atoms with Crippen molar-refractivity contribution >= 4 is 28.5 Å². The third-order valence-electron chi connectivity index (χ3n) is 2.55. The van der Waals surface area contributed by atoms with Crippen molar-refractivity contribution in [3.63, 3.8) is 0 Å². The Labute approximate surface area is 107 Å². The van der Waals surface area contributed by atoms with Crippen molar-refractivity contribution in [1.82, 2.24) is 10.3 Å². The smallest absolute Gasteiger partial charge is 0.296 e. The summed E-state index contributed by atoms with van der Waals surface area (Å²) in [5.41, 5.74) is 5.95. The molecule has 1 aromatic heterocycles. The highest BCUT2D eigenvalue weighted by molar-refractivity contribution is 6.05. The number of hydrogen-bond donors (Lipinski definition) is 3. The number of aromatic amines is 1. The SMILES string of the molecule is CNC(N)=NC(=O)c1cc2c([N+](=O)[O-])cccc2[nH]1. The molecule has 8 nitrogen and oxygen atoms in total. The predicted molar refractivity (Wildman–Crippen MR) is 70.0 cm³/mol. The van der Waals surface area contributed by atoms with E-state index < -0.39 is 10.8 Å². The van der Waals surface area contributed by atoms with Crippen molar-refractivity contribution < 1.29 is 9.72 Å². The van der Waals surface area contributed by atoms with E-state index in [-0.39, 0.29) is 17.3 Å². The molecule has 1 amide bonds. The fourth-order valence-corrected chi connectivity index (χ4v) is 1.64. The fraction of sp³-hybridized carbons (Fsp3) is 0.0909. The molecule has 19 heavy (non-hydrogen) atoms. The number of nitro benzene ring substituents is 1. The first-order chi connectivity index (χ1) is 9.02. The monoisotopic (exact) mass is 261 g/mol. The molecular weight excluding hydrogens is 250 g/mol. The molecule has 0 aliphatic heterocycles. The lowest BCUT2D eigenvalue weighted by Gasteiger charge is -1.95. The predicted octanol–water partition coefficient (Wildman–Crippen LogP) is 0.750. The second kappa shape index (κ2) is 4.77. The van der Waals surface area contributed by atoms with Crippen LogP contribution in [0.2, 0.25) is 0 Å². The topological polar surface area (TPSA) is 126 Å². The van der Waals surface area contributed by atoms with Gasteiger partial charge < -0.3 is 16.0 Å². The van der Waals surface area contributed by atoms with Crippen LogP contribution in [-0.2, 0) is 0 Å². The van der Waals surface area contributed by atoms with Gasteiger partial charge in [0, 0.05) is 13.1 Å². The molecule has 2 rings (SSSR count). The normalized spacial score (nSPS) is 11.5. The second-order valence-electron chi connectivity index (χ2n) is 3.73. The molecule has 0 spiro atoms. The van der Waals surface area contributed by atoms with Crippen LogP contribution in [-0.4, -0.2) is 28.8 Å². The van der Waals surface area contributed by atoms with Crippen molar-refractivity contribution in [2.75, 3.05) is 7.05 Å². The molecule has 0 atom stereocenters. The molecule has 8 heteroatoms. The summed E-state index contributed by atoms with van der Waals surface area (Å²) >= 11 is 0. The standard InChI is InChI=1S/C11H11N5O3/c1-13-11(12)15-10(17)8-5-6-7(14-8)3-2-4-9(6)16(18)19/h2-5,14H,1H3,(H3,12,13,15,17). The molecule has 1 aromatic carbocycles. The number of hydrogen-bond acceptors (Lipinski definition) is 3. The molecular formula is C11H11N5O3. The number of carbonyl (C=O) groups is 1. The molecule has 0 unspecified atom stereocenters. The molecule has 0 bridgehead atoms. The summed E-state index contributed by atoms with van der Waals surface area (Å²) in [6, 6.07) is 5.94.